The van der Waals surface area contributed by atoms with E-state index in [-0.39, 0.29) is 6.10 Å². The van der Waals surface area contributed by atoms with Crippen LogP contribution in [0.5, 0.6) is 0 Å². The van der Waals surface area contributed by atoms with E-state index < -0.39 is 58.0 Å². The molecule has 0 radical (unpaired) electrons. The van der Waals surface area contributed by atoms with Crippen LogP contribution in [0.15, 0.2) is 0 Å². The van der Waals surface area contributed by atoms with Gasteiger partial charge < -0.3 is 18.8 Å². The molecular formula is C16H21F2O8S-. The second kappa shape index (κ2) is 7.59. The Kier molecular flexibility index (Phi) is 5.74. The highest BCUT2D eigenvalue weighted by Crippen LogP contribution is 2.45. The third-order valence-corrected chi connectivity index (χ3v) is 6.25. The smallest absolute Gasteiger partial charge is 0.367 e. The molecule has 0 aromatic rings. The van der Waals surface area contributed by atoms with Gasteiger partial charge in [-0.1, -0.05) is 6.42 Å². The highest BCUT2D eigenvalue weighted by atomic mass is 32.2. The van der Waals surface area contributed by atoms with Gasteiger partial charge in [0.2, 0.25) is 0 Å². The zero-order chi connectivity index (χ0) is 19.8. The summed E-state index contributed by atoms with van der Waals surface area (Å²) in [6.07, 6.45) is 3.92. The summed E-state index contributed by atoms with van der Waals surface area (Å²) in [6, 6.07) is 0. The molecule has 1 aliphatic carbocycles. The van der Waals surface area contributed by atoms with Crippen molar-refractivity contribution in [2.24, 2.45) is 11.8 Å². The van der Waals surface area contributed by atoms with Crippen molar-refractivity contribution in [3.8, 4) is 0 Å². The third kappa shape index (κ3) is 4.24. The Morgan fingerprint density at radius 1 is 1.00 bits per heavy atom. The van der Waals surface area contributed by atoms with Gasteiger partial charge in [-0.3, -0.25) is 9.59 Å². The fourth-order valence-electron chi connectivity index (χ4n) is 4.03. The number of hydrogen-bond acceptors (Lipinski definition) is 8. The highest BCUT2D eigenvalue weighted by Gasteiger charge is 2.57. The molecule has 0 aromatic carbocycles. The topological polar surface area (TPSA) is 119 Å². The fraction of sp³-hybridized carbons (Fsp3) is 0.875. The average Bonchev–Trinajstić information content (AvgIpc) is 3.21. The molecule has 0 aromatic heterocycles. The molecule has 4 atom stereocenters. The van der Waals surface area contributed by atoms with Gasteiger partial charge in [0.15, 0.2) is 16.7 Å². The van der Waals surface area contributed by atoms with Crippen molar-refractivity contribution in [3.63, 3.8) is 0 Å². The zero-order valence-electron chi connectivity index (χ0n) is 14.5. The van der Waals surface area contributed by atoms with Crippen LogP contribution in [0, 0.1) is 11.8 Å². The van der Waals surface area contributed by atoms with Crippen LogP contribution in [0.2, 0.25) is 0 Å². The van der Waals surface area contributed by atoms with E-state index in [1.807, 2.05) is 0 Å². The first kappa shape index (κ1) is 20.4. The number of esters is 2. The van der Waals surface area contributed by atoms with Gasteiger partial charge in [0, 0.05) is 0 Å². The van der Waals surface area contributed by atoms with Gasteiger partial charge in [0.05, 0.1) is 24.0 Å². The largest absolute Gasteiger partial charge is 0.743 e. The van der Waals surface area contributed by atoms with E-state index in [0.29, 0.717) is 12.8 Å². The fourth-order valence-corrected chi connectivity index (χ4v) is 4.23. The molecule has 4 unspecified atom stereocenters. The summed E-state index contributed by atoms with van der Waals surface area (Å²) in [4.78, 5) is 24.9. The summed E-state index contributed by atoms with van der Waals surface area (Å²) in [7, 11) is -5.96. The standard InChI is InChI=1S/C16H22F2O8S/c17-16(18,27(21,22)23)8-24-14(19)12-10-6-7-11(26-10)13(12)15(20)25-9-4-2-1-3-5-9/h9-13H,1-8H2,(H,21,22,23)/p-1. The number of hydrogen-bond donors (Lipinski definition) is 0. The van der Waals surface area contributed by atoms with Crippen LogP contribution in [0.25, 0.3) is 0 Å². The molecule has 3 aliphatic rings. The van der Waals surface area contributed by atoms with E-state index in [1.165, 1.54) is 0 Å². The van der Waals surface area contributed by atoms with Crippen molar-refractivity contribution in [2.75, 3.05) is 6.61 Å². The van der Waals surface area contributed by atoms with Gasteiger partial charge in [-0.05, 0) is 38.5 Å². The highest BCUT2D eigenvalue weighted by molar-refractivity contribution is 7.86. The van der Waals surface area contributed by atoms with E-state index in [0.717, 1.165) is 32.1 Å². The molecule has 0 N–H and O–H groups in total. The minimum atomic E-state index is -5.96. The third-order valence-electron chi connectivity index (χ3n) is 5.40. The number of fused-ring (bicyclic) bond motifs is 2. The number of rotatable bonds is 6. The lowest BCUT2D eigenvalue weighted by molar-refractivity contribution is -0.167. The van der Waals surface area contributed by atoms with Gasteiger partial charge in [0.1, 0.15) is 6.10 Å². The molecule has 2 bridgehead atoms. The lowest BCUT2D eigenvalue weighted by atomic mass is 9.79. The molecule has 2 saturated heterocycles. The Bertz CT molecular complexity index is 689. The van der Waals surface area contributed by atoms with E-state index in [2.05, 4.69) is 4.74 Å². The molecule has 0 amide bonds. The predicted molar refractivity (Wildman–Crippen MR) is 83.4 cm³/mol. The quantitative estimate of drug-likeness (QED) is 0.474. The summed E-state index contributed by atoms with van der Waals surface area (Å²) < 4.78 is 73.4. The molecule has 2 heterocycles. The van der Waals surface area contributed by atoms with Crippen LogP contribution in [-0.2, 0) is 33.9 Å². The molecule has 2 aliphatic heterocycles. The summed E-state index contributed by atoms with van der Waals surface area (Å²) in [5.74, 6) is -3.93. The maximum absolute atomic E-state index is 13.2. The second-order valence-electron chi connectivity index (χ2n) is 7.24. The predicted octanol–water partition coefficient (Wildman–Crippen LogP) is 1.34. The lowest BCUT2D eigenvalue weighted by Gasteiger charge is -2.29. The van der Waals surface area contributed by atoms with Gasteiger partial charge in [-0.2, -0.15) is 8.78 Å². The summed E-state index contributed by atoms with van der Waals surface area (Å²) in [5, 5.41) is -4.74. The van der Waals surface area contributed by atoms with E-state index in [9.17, 15) is 31.3 Å². The normalized spacial score (nSPS) is 31.7. The maximum Gasteiger partial charge on any atom is 0.367 e. The first-order chi connectivity index (χ1) is 12.6. The number of alkyl halides is 2. The van der Waals surface area contributed by atoms with E-state index >= 15 is 0 Å². The van der Waals surface area contributed by atoms with Crippen molar-refractivity contribution >= 4 is 22.1 Å². The van der Waals surface area contributed by atoms with Crippen molar-refractivity contribution in [1.29, 1.82) is 0 Å². The number of carbonyl (C=O) groups is 2. The Morgan fingerprint density at radius 2 is 1.56 bits per heavy atom. The molecule has 154 valence electrons. The first-order valence-electron chi connectivity index (χ1n) is 8.96. The molecule has 27 heavy (non-hydrogen) atoms. The van der Waals surface area contributed by atoms with Crippen LogP contribution in [0.4, 0.5) is 8.78 Å². The summed E-state index contributed by atoms with van der Waals surface area (Å²) >= 11 is 0. The molecular weight excluding hydrogens is 390 g/mol. The van der Waals surface area contributed by atoms with Gasteiger partial charge in [-0.25, -0.2) is 8.42 Å². The van der Waals surface area contributed by atoms with Crippen molar-refractivity contribution in [1.82, 2.24) is 0 Å². The maximum atomic E-state index is 13.2. The van der Waals surface area contributed by atoms with E-state index in [4.69, 9.17) is 9.47 Å². The van der Waals surface area contributed by atoms with Gasteiger partial charge in [-0.15, -0.1) is 0 Å². The molecule has 0 spiro atoms. The molecule has 1 saturated carbocycles. The second-order valence-corrected chi connectivity index (χ2v) is 8.74. The lowest BCUT2D eigenvalue weighted by Crippen LogP contribution is -2.43. The molecule has 3 rings (SSSR count). The zero-order valence-corrected chi connectivity index (χ0v) is 15.3. The Labute approximate surface area is 155 Å². The van der Waals surface area contributed by atoms with Gasteiger partial charge in [0.25, 0.3) is 0 Å². The summed E-state index contributed by atoms with van der Waals surface area (Å²) in [5.41, 5.74) is 0. The first-order valence-corrected chi connectivity index (χ1v) is 10.4. The summed E-state index contributed by atoms with van der Waals surface area (Å²) in [6.45, 7) is -1.89. The number of halogens is 2. The van der Waals surface area contributed by atoms with Crippen LogP contribution in [0.3, 0.4) is 0 Å². The van der Waals surface area contributed by atoms with Crippen molar-refractivity contribution in [3.05, 3.63) is 0 Å². The monoisotopic (exact) mass is 411 g/mol. The Morgan fingerprint density at radius 3 is 2.11 bits per heavy atom. The van der Waals surface area contributed by atoms with E-state index in [1.54, 1.807) is 0 Å². The van der Waals surface area contributed by atoms with Crippen LogP contribution in [0.1, 0.15) is 44.9 Å². The van der Waals surface area contributed by atoms with Crippen molar-refractivity contribution < 1.29 is 45.6 Å². The Hall–Kier alpha value is -1.33. The minimum absolute atomic E-state index is 0.239. The SMILES string of the molecule is O=C(OCC(F)(F)S(=O)(=O)[O-])C1C2CCC(O2)C1C(=O)OC1CCCCC1. The van der Waals surface area contributed by atoms with Crippen LogP contribution in [-0.4, -0.2) is 55.1 Å². The van der Waals surface area contributed by atoms with Gasteiger partial charge >= 0.3 is 17.2 Å². The van der Waals surface area contributed by atoms with Crippen molar-refractivity contribution in [2.45, 2.75) is 68.5 Å². The minimum Gasteiger partial charge on any atom is -0.743 e. The molecule has 11 heteroatoms. The molecule has 3 fully saturated rings. The van der Waals surface area contributed by atoms with Crippen LogP contribution < -0.4 is 0 Å². The Balaban J connectivity index is 1.65. The molecule has 8 nitrogen and oxygen atoms in total. The number of carbonyl (C=O) groups excluding carboxylic acids is 2. The number of ether oxygens (including phenoxy) is 3. The van der Waals surface area contributed by atoms with Crippen LogP contribution >= 0.6 is 0 Å². The average molecular weight is 411 g/mol.